The summed E-state index contributed by atoms with van der Waals surface area (Å²) in [4.78, 5) is 12.0. The molecule has 4 aromatic rings. The number of ether oxygens (including phenoxy) is 1. The number of hydrogen-bond acceptors (Lipinski definition) is 6. The molecule has 0 aromatic heterocycles. The van der Waals surface area contributed by atoms with Gasteiger partial charge in [-0.15, -0.1) is 0 Å². The van der Waals surface area contributed by atoms with Crippen molar-refractivity contribution in [3.05, 3.63) is 114 Å². The van der Waals surface area contributed by atoms with E-state index in [2.05, 4.69) is 0 Å². The van der Waals surface area contributed by atoms with E-state index in [0.717, 1.165) is 17.2 Å². The first-order chi connectivity index (χ1) is 16.6. The quantitative estimate of drug-likeness (QED) is 0.264. The molecule has 0 unspecified atom stereocenters. The molecular weight excluding hydrogens is 484 g/mol. The molecule has 0 amide bonds. The van der Waals surface area contributed by atoms with Gasteiger partial charge in [0, 0.05) is 0 Å². The summed E-state index contributed by atoms with van der Waals surface area (Å²) in [5.41, 5.74) is 1.97. The van der Waals surface area contributed by atoms with Crippen molar-refractivity contribution in [1.29, 1.82) is 0 Å². The Morgan fingerprint density at radius 1 is 0.600 bits per heavy atom. The summed E-state index contributed by atoms with van der Waals surface area (Å²) in [5.74, 6) is -1.03. The predicted octanol–water partition coefficient (Wildman–Crippen LogP) is 5.19. The molecule has 0 heterocycles. The van der Waals surface area contributed by atoms with Crippen LogP contribution in [-0.2, 0) is 19.7 Å². The molecule has 0 N–H and O–H groups in total. The highest BCUT2D eigenvalue weighted by atomic mass is 32.2. The number of sulfone groups is 2. The molecule has 0 aliphatic rings. The first kappa shape index (κ1) is 24.4. The van der Waals surface area contributed by atoms with Crippen LogP contribution in [0.2, 0.25) is 0 Å². The van der Waals surface area contributed by atoms with Gasteiger partial charge in [-0.1, -0.05) is 53.6 Å². The van der Waals surface area contributed by atoms with E-state index in [9.17, 15) is 21.6 Å². The molecule has 178 valence electrons. The van der Waals surface area contributed by atoms with Crippen molar-refractivity contribution in [3.63, 3.8) is 0 Å². The number of carbonyl (C=O) groups excluding carboxylic acids is 1. The predicted molar refractivity (Wildman–Crippen MR) is 131 cm³/mol. The Morgan fingerprint density at radius 3 is 1.63 bits per heavy atom. The van der Waals surface area contributed by atoms with E-state index in [0.29, 0.717) is 0 Å². The zero-order valence-electron chi connectivity index (χ0n) is 19.0. The Morgan fingerprint density at radius 2 is 1.09 bits per heavy atom. The summed E-state index contributed by atoms with van der Waals surface area (Å²) < 4.78 is 59.1. The molecule has 0 saturated carbocycles. The van der Waals surface area contributed by atoms with E-state index in [1.807, 2.05) is 13.8 Å². The summed E-state index contributed by atoms with van der Waals surface area (Å²) in [5, 5.41) is 0. The first-order valence-electron chi connectivity index (χ1n) is 10.6. The molecule has 0 radical (unpaired) electrons. The molecule has 8 heteroatoms. The third kappa shape index (κ3) is 5.03. The van der Waals surface area contributed by atoms with Gasteiger partial charge in [0.25, 0.3) is 0 Å². The van der Waals surface area contributed by atoms with Gasteiger partial charge in [-0.25, -0.2) is 21.6 Å². The largest absolute Gasteiger partial charge is 0.422 e. The van der Waals surface area contributed by atoms with Crippen molar-refractivity contribution in [2.45, 2.75) is 33.4 Å². The number of hydrogen-bond donors (Lipinski definition) is 0. The molecular formula is C27H22O6S2. The molecule has 0 bridgehead atoms. The van der Waals surface area contributed by atoms with Crippen molar-refractivity contribution in [3.8, 4) is 5.75 Å². The highest BCUT2D eigenvalue weighted by Gasteiger charge is 2.28. The van der Waals surface area contributed by atoms with Crippen LogP contribution in [0.4, 0.5) is 0 Å². The van der Waals surface area contributed by atoms with Gasteiger partial charge in [0.1, 0.15) is 10.6 Å². The molecule has 0 saturated heterocycles. The number of benzene rings is 4. The minimum atomic E-state index is -4.23. The summed E-state index contributed by atoms with van der Waals surface area (Å²) >= 11 is 0. The molecule has 4 rings (SSSR count). The zero-order valence-corrected chi connectivity index (χ0v) is 20.6. The lowest BCUT2D eigenvalue weighted by molar-refractivity contribution is 0.0730. The normalized spacial score (nSPS) is 11.7. The van der Waals surface area contributed by atoms with Crippen molar-refractivity contribution < 1.29 is 26.4 Å². The van der Waals surface area contributed by atoms with E-state index < -0.39 is 30.5 Å². The summed E-state index contributed by atoms with van der Waals surface area (Å²) in [6.07, 6.45) is 0. The van der Waals surface area contributed by atoms with Crippen LogP contribution in [-0.4, -0.2) is 22.8 Å². The maximum Gasteiger partial charge on any atom is 0.343 e. The highest BCUT2D eigenvalue weighted by Crippen LogP contribution is 2.34. The van der Waals surface area contributed by atoms with Gasteiger partial charge in [0.15, 0.2) is 0 Å². The minimum Gasteiger partial charge on any atom is -0.422 e. The average Bonchev–Trinajstić information content (AvgIpc) is 2.85. The Bertz CT molecular complexity index is 1590. The van der Waals surface area contributed by atoms with Crippen LogP contribution in [0.25, 0.3) is 0 Å². The Kier molecular flexibility index (Phi) is 6.60. The van der Waals surface area contributed by atoms with Gasteiger partial charge in [0.05, 0.1) is 20.2 Å². The fourth-order valence-corrected chi connectivity index (χ4v) is 6.15. The maximum absolute atomic E-state index is 13.6. The van der Waals surface area contributed by atoms with Crippen LogP contribution in [0.5, 0.6) is 5.75 Å². The van der Waals surface area contributed by atoms with Crippen molar-refractivity contribution in [2.24, 2.45) is 0 Å². The number of esters is 1. The van der Waals surface area contributed by atoms with Crippen LogP contribution in [0.15, 0.2) is 117 Å². The Labute approximate surface area is 204 Å². The average molecular weight is 507 g/mol. The van der Waals surface area contributed by atoms with E-state index >= 15 is 0 Å². The first-order valence-corrected chi connectivity index (χ1v) is 13.6. The van der Waals surface area contributed by atoms with Gasteiger partial charge in [-0.2, -0.15) is 0 Å². The van der Waals surface area contributed by atoms with Crippen LogP contribution >= 0.6 is 0 Å². The molecule has 0 fully saturated rings. The van der Waals surface area contributed by atoms with Crippen LogP contribution in [0.1, 0.15) is 21.5 Å². The highest BCUT2D eigenvalue weighted by molar-refractivity contribution is 7.92. The van der Waals surface area contributed by atoms with Gasteiger partial charge in [-0.3, -0.25) is 0 Å². The summed E-state index contributed by atoms with van der Waals surface area (Å²) in [6, 6.07) is 23.9. The van der Waals surface area contributed by atoms with Crippen molar-refractivity contribution in [2.75, 3.05) is 0 Å². The molecule has 35 heavy (non-hydrogen) atoms. The SMILES string of the molecule is Cc1ccc(S(=O)(=O)c2ccc(OC(=O)c3ccccc3)c(S(=O)(=O)c3ccc(C)cc3)c2)cc1. The van der Waals surface area contributed by atoms with Gasteiger partial charge in [0.2, 0.25) is 19.7 Å². The zero-order chi connectivity index (χ0) is 25.2. The molecule has 0 atom stereocenters. The van der Waals surface area contributed by atoms with Gasteiger partial charge in [-0.05, 0) is 68.4 Å². The third-order valence-electron chi connectivity index (χ3n) is 5.39. The molecule has 0 spiro atoms. The smallest absolute Gasteiger partial charge is 0.343 e. The van der Waals surface area contributed by atoms with E-state index in [4.69, 9.17) is 4.74 Å². The second kappa shape index (κ2) is 9.48. The second-order valence-corrected chi connectivity index (χ2v) is 11.9. The van der Waals surface area contributed by atoms with E-state index in [1.165, 1.54) is 48.5 Å². The third-order valence-corrected chi connectivity index (χ3v) is 8.95. The van der Waals surface area contributed by atoms with Gasteiger partial charge >= 0.3 is 5.97 Å². The molecule has 0 aliphatic heterocycles. The molecule has 6 nitrogen and oxygen atoms in total. The number of aryl methyl sites for hydroxylation is 2. The number of carbonyl (C=O) groups is 1. The molecule has 0 aliphatic carbocycles. The fraction of sp³-hybridized carbons (Fsp3) is 0.0741. The van der Waals surface area contributed by atoms with Crippen LogP contribution in [0.3, 0.4) is 0 Å². The Balaban J connectivity index is 1.86. The van der Waals surface area contributed by atoms with E-state index in [1.54, 1.807) is 42.5 Å². The maximum atomic E-state index is 13.6. The van der Waals surface area contributed by atoms with Gasteiger partial charge < -0.3 is 4.74 Å². The summed E-state index contributed by atoms with van der Waals surface area (Å²) in [7, 11) is -8.26. The lowest BCUT2D eigenvalue weighted by atomic mass is 10.2. The van der Waals surface area contributed by atoms with Crippen LogP contribution in [0, 0.1) is 13.8 Å². The topological polar surface area (TPSA) is 94.6 Å². The van der Waals surface area contributed by atoms with Crippen molar-refractivity contribution in [1.82, 2.24) is 0 Å². The minimum absolute atomic E-state index is 0.0239. The second-order valence-electron chi connectivity index (χ2n) is 8.00. The fourth-order valence-electron chi connectivity index (χ4n) is 3.38. The number of rotatable bonds is 6. The lowest BCUT2D eigenvalue weighted by Crippen LogP contribution is -2.13. The van der Waals surface area contributed by atoms with Crippen LogP contribution < -0.4 is 4.74 Å². The van der Waals surface area contributed by atoms with Crippen molar-refractivity contribution >= 4 is 25.6 Å². The lowest BCUT2D eigenvalue weighted by Gasteiger charge is -2.14. The monoisotopic (exact) mass is 506 g/mol. The Hall–Kier alpha value is -3.75. The van der Waals surface area contributed by atoms with E-state index in [-0.39, 0.29) is 26.0 Å². The standard InChI is InChI=1S/C27H22O6S2/c1-19-8-12-22(13-9-19)34(29,30)24-16-17-25(33-27(28)21-6-4-3-5-7-21)26(18-24)35(31,32)23-14-10-20(2)11-15-23/h3-18H,1-2H3. The molecule has 4 aromatic carbocycles. The summed E-state index contributed by atoms with van der Waals surface area (Å²) in [6.45, 7) is 3.65.